The Hall–Kier alpha value is -4.13. The van der Waals surface area contributed by atoms with Crippen molar-refractivity contribution in [1.29, 1.82) is 0 Å². The van der Waals surface area contributed by atoms with Gasteiger partial charge in [-0.1, -0.05) is 78.9 Å². The molecule has 1 N–H and O–H groups in total. The van der Waals surface area contributed by atoms with E-state index >= 15 is 0 Å². The van der Waals surface area contributed by atoms with Crippen LogP contribution in [0.15, 0.2) is 84.9 Å². The zero-order valence-corrected chi connectivity index (χ0v) is 24.6. The first-order chi connectivity index (χ1) is 20.5. The molecule has 42 heavy (non-hydrogen) atoms. The summed E-state index contributed by atoms with van der Waals surface area (Å²) in [5.74, 6) is -0.00622. The van der Waals surface area contributed by atoms with E-state index in [0.29, 0.717) is 25.3 Å². The molecule has 5 aromatic rings. The fraction of sp³-hybridized carbons (Fsp3) is 0.306. The molecule has 0 bridgehead atoms. The van der Waals surface area contributed by atoms with Crippen molar-refractivity contribution in [3.63, 3.8) is 0 Å². The molecular weight excluding hydrogens is 522 g/mol. The van der Waals surface area contributed by atoms with Crippen molar-refractivity contribution in [2.75, 3.05) is 46.4 Å². The van der Waals surface area contributed by atoms with Crippen molar-refractivity contribution in [1.82, 2.24) is 14.4 Å². The number of aryl methyl sites for hydroxylation is 2. The Bertz CT molecular complexity index is 1710. The molecule has 4 aromatic carbocycles. The van der Waals surface area contributed by atoms with E-state index in [1.165, 1.54) is 5.56 Å². The second kappa shape index (κ2) is 12.4. The molecule has 6 heteroatoms. The molecule has 0 spiro atoms. The average Bonchev–Trinajstić information content (AvgIpc) is 3.33. The lowest BCUT2D eigenvalue weighted by molar-refractivity contribution is 0.0682. The maximum absolute atomic E-state index is 12.9. The predicted octanol–water partition coefficient (Wildman–Crippen LogP) is 6.73. The molecule has 6 nitrogen and oxygen atoms in total. The number of piperazine rings is 1. The Morgan fingerprint density at radius 2 is 1.50 bits per heavy atom. The second-order valence-corrected chi connectivity index (χ2v) is 11.4. The standard InChI is InChI=1S/C36H39N3O3/c1-26-10-3-5-13-28(26)30-15-8-16-31-32(17-9-25-42-33-18-7-12-27-11-4-6-14-29(27)33)35(36(40)41)39(34(30)31)24-23-38-21-19-37(2)20-22-38/h3-8,10-16,18H,9,17,19-25H2,1-2H3,(H,40,41). The van der Waals surface area contributed by atoms with E-state index < -0.39 is 5.97 Å². The van der Waals surface area contributed by atoms with Crippen LogP contribution in [0.5, 0.6) is 5.75 Å². The van der Waals surface area contributed by atoms with E-state index in [1.807, 2.05) is 24.3 Å². The fourth-order valence-corrected chi connectivity index (χ4v) is 6.36. The smallest absolute Gasteiger partial charge is 0.352 e. The maximum atomic E-state index is 12.9. The highest BCUT2D eigenvalue weighted by Gasteiger charge is 2.25. The van der Waals surface area contributed by atoms with Crippen LogP contribution in [0.4, 0.5) is 0 Å². The van der Waals surface area contributed by atoms with Crippen LogP contribution >= 0.6 is 0 Å². The number of rotatable bonds is 10. The summed E-state index contributed by atoms with van der Waals surface area (Å²) in [6, 6.07) is 29.0. The maximum Gasteiger partial charge on any atom is 0.352 e. The van der Waals surface area contributed by atoms with E-state index in [0.717, 1.165) is 83.3 Å². The summed E-state index contributed by atoms with van der Waals surface area (Å²) < 4.78 is 8.32. The van der Waals surface area contributed by atoms with Crippen molar-refractivity contribution in [2.24, 2.45) is 0 Å². The molecule has 1 aliphatic rings. The summed E-state index contributed by atoms with van der Waals surface area (Å²) >= 11 is 0. The summed E-state index contributed by atoms with van der Waals surface area (Å²) in [4.78, 5) is 17.7. The lowest BCUT2D eigenvalue weighted by Crippen LogP contribution is -2.45. The molecule has 0 amide bonds. The van der Waals surface area contributed by atoms with Gasteiger partial charge in [-0.15, -0.1) is 0 Å². The average molecular weight is 562 g/mol. The third-order valence-electron chi connectivity index (χ3n) is 8.64. The van der Waals surface area contributed by atoms with Gasteiger partial charge < -0.3 is 19.3 Å². The Balaban J connectivity index is 1.34. The van der Waals surface area contributed by atoms with E-state index in [4.69, 9.17) is 4.74 Å². The fourth-order valence-electron chi connectivity index (χ4n) is 6.36. The Morgan fingerprint density at radius 3 is 2.31 bits per heavy atom. The highest BCUT2D eigenvalue weighted by molar-refractivity contribution is 6.04. The number of benzene rings is 4. The quantitative estimate of drug-likeness (QED) is 0.192. The summed E-state index contributed by atoms with van der Waals surface area (Å²) in [5.41, 5.74) is 5.73. The number of carboxylic acid groups (broad SMARTS) is 1. The van der Waals surface area contributed by atoms with E-state index in [2.05, 4.69) is 89.0 Å². The molecule has 1 fully saturated rings. The van der Waals surface area contributed by atoms with Crippen LogP contribution in [0, 0.1) is 6.92 Å². The summed E-state index contributed by atoms with van der Waals surface area (Å²) in [6.45, 7) is 8.17. The van der Waals surface area contributed by atoms with Gasteiger partial charge in [-0.2, -0.15) is 0 Å². The van der Waals surface area contributed by atoms with Gasteiger partial charge in [-0.3, -0.25) is 4.90 Å². The normalized spacial score (nSPS) is 14.5. The lowest BCUT2D eigenvalue weighted by atomic mass is 9.97. The van der Waals surface area contributed by atoms with Gasteiger partial charge in [-0.25, -0.2) is 4.79 Å². The molecule has 0 radical (unpaired) electrons. The van der Waals surface area contributed by atoms with Gasteiger partial charge in [0.25, 0.3) is 0 Å². The van der Waals surface area contributed by atoms with Crippen LogP contribution in [0.25, 0.3) is 32.8 Å². The number of nitrogens with zero attached hydrogens (tertiary/aromatic N) is 3. The van der Waals surface area contributed by atoms with Crippen LogP contribution in [0.2, 0.25) is 0 Å². The molecule has 1 saturated heterocycles. The lowest BCUT2D eigenvalue weighted by Gasteiger charge is -2.32. The third-order valence-corrected chi connectivity index (χ3v) is 8.64. The van der Waals surface area contributed by atoms with Crippen molar-refractivity contribution < 1.29 is 14.6 Å². The van der Waals surface area contributed by atoms with Crippen molar-refractivity contribution in [2.45, 2.75) is 26.3 Å². The summed E-state index contributed by atoms with van der Waals surface area (Å²) in [5, 5.41) is 13.9. The van der Waals surface area contributed by atoms with Gasteiger partial charge in [0.15, 0.2) is 0 Å². The number of aromatic carboxylic acids is 1. The number of carbonyl (C=O) groups is 1. The van der Waals surface area contributed by atoms with Crippen LogP contribution in [0.1, 0.15) is 28.0 Å². The molecule has 2 heterocycles. The van der Waals surface area contributed by atoms with Gasteiger partial charge in [0.05, 0.1) is 12.1 Å². The van der Waals surface area contributed by atoms with Gasteiger partial charge in [0.2, 0.25) is 0 Å². The Morgan fingerprint density at radius 1 is 0.810 bits per heavy atom. The number of carboxylic acids is 1. The Kier molecular flexibility index (Phi) is 8.27. The molecule has 1 aliphatic heterocycles. The number of ether oxygens (including phenoxy) is 1. The van der Waals surface area contributed by atoms with E-state index in [-0.39, 0.29) is 0 Å². The number of para-hydroxylation sites is 1. The largest absolute Gasteiger partial charge is 0.493 e. The predicted molar refractivity (Wildman–Crippen MR) is 171 cm³/mol. The van der Waals surface area contributed by atoms with Gasteiger partial charge in [-0.05, 0) is 55.0 Å². The highest BCUT2D eigenvalue weighted by atomic mass is 16.5. The van der Waals surface area contributed by atoms with Gasteiger partial charge in [0.1, 0.15) is 11.4 Å². The Labute approximate surface area is 247 Å². The second-order valence-electron chi connectivity index (χ2n) is 11.4. The molecular formula is C36H39N3O3. The first kappa shape index (κ1) is 28.0. The molecule has 0 unspecified atom stereocenters. The molecule has 216 valence electrons. The number of hydrogen-bond acceptors (Lipinski definition) is 4. The number of fused-ring (bicyclic) bond motifs is 2. The number of hydrogen-bond donors (Lipinski definition) is 1. The van der Waals surface area contributed by atoms with E-state index in [9.17, 15) is 9.90 Å². The highest BCUT2D eigenvalue weighted by Crippen LogP contribution is 2.37. The first-order valence-electron chi connectivity index (χ1n) is 15.0. The number of aromatic nitrogens is 1. The molecule has 6 rings (SSSR count). The molecule has 0 atom stereocenters. The molecule has 0 saturated carbocycles. The summed E-state index contributed by atoms with van der Waals surface area (Å²) in [7, 11) is 2.16. The first-order valence-corrected chi connectivity index (χ1v) is 15.0. The van der Waals surface area contributed by atoms with Crippen LogP contribution in [-0.4, -0.2) is 71.8 Å². The monoisotopic (exact) mass is 561 g/mol. The minimum absolute atomic E-state index is 0.408. The van der Waals surface area contributed by atoms with Crippen LogP contribution in [-0.2, 0) is 13.0 Å². The molecule has 0 aliphatic carbocycles. The van der Waals surface area contributed by atoms with Crippen molar-refractivity contribution >= 4 is 27.6 Å². The number of likely N-dealkylation sites (N-methyl/N-ethyl adjacent to an activating group) is 1. The molecule has 1 aromatic heterocycles. The summed E-state index contributed by atoms with van der Waals surface area (Å²) in [6.07, 6.45) is 1.34. The van der Waals surface area contributed by atoms with Crippen molar-refractivity contribution in [3.05, 3.63) is 102 Å². The zero-order valence-electron chi connectivity index (χ0n) is 24.6. The van der Waals surface area contributed by atoms with Gasteiger partial charge >= 0.3 is 5.97 Å². The van der Waals surface area contributed by atoms with Crippen LogP contribution < -0.4 is 4.74 Å². The topological polar surface area (TPSA) is 57.9 Å². The van der Waals surface area contributed by atoms with Crippen LogP contribution in [0.3, 0.4) is 0 Å². The van der Waals surface area contributed by atoms with Gasteiger partial charge in [0, 0.05) is 55.6 Å². The third kappa shape index (κ3) is 5.65. The minimum Gasteiger partial charge on any atom is -0.493 e. The zero-order chi connectivity index (χ0) is 29.1. The SMILES string of the molecule is Cc1ccccc1-c1cccc2c(CCCOc3cccc4ccccc34)c(C(=O)O)n(CCN3CCN(C)CC3)c12. The van der Waals surface area contributed by atoms with Crippen molar-refractivity contribution in [3.8, 4) is 16.9 Å². The van der Waals surface area contributed by atoms with E-state index in [1.54, 1.807) is 0 Å². The minimum atomic E-state index is -0.870.